The third-order valence-electron chi connectivity index (χ3n) is 5.88. The second-order valence-electron chi connectivity index (χ2n) is 7.79. The normalized spacial score (nSPS) is 26.4. The number of aromatic amines is 1. The Morgan fingerprint density at radius 2 is 2.15 bits per heavy atom. The largest absolute Gasteiger partial charge is 0.361 e. The van der Waals surface area contributed by atoms with E-state index in [0.717, 1.165) is 32.4 Å². The van der Waals surface area contributed by atoms with Crippen molar-refractivity contribution in [1.29, 1.82) is 0 Å². The number of rotatable bonds is 5. The van der Waals surface area contributed by atoms with E-state index in [1.54, 1.807) is 14.1 Å². The number of hydrogen-bond acceptors (Lipinski definition) is 3. The number of piperidine rings is 1. The van der Waals surface area contributed by atoms with E-state index >= 15 is 0 Å². The van der Waals surface area contributed by atoms with E-state index in [-0.39, 0.29) is 6.04 Å². The highest BCUT2D eigenvalue weighted by Crippen LogP contribution is 2.43. The Morgan fingerprint density at radius 1 is 1.35 bits per heavy atom. The summed E-state index contributed by atoms with van der Waals surface area (Å²) in [5.41, 5.74) is 3.95. The van der Waals surface area contributed by atoms with Crippen LogP contribution < -0.4 is 4.72 Å². The van der Waals surface area contributed by atoms with E-state index in [9.17, 15) is 8.42 Å². The summed E-state index contributed by atoms with van der Waals surface area (Å²) in [6.45, 7) is 3.96. The number of nitrogens with zero attached hydrogens (tertiary/aromatic N) is 2. The summed E-state index contributed by atoms with van der Waals surface area (Å²) >= 11 is 0. The minimum absolute atomic E-state index is 0.0639. The highest BCUT2D eigenvalue weighted by Gasteiger charge is 2.41. The minimum atomic E-state index is -3.43. The highest BCUT2D eigenvalue weighted by atomic mass is 32.2. The molecule has 2 aliphatic rings. The van der Waals surface area contributed by atoms with Crippen LogP contribution in [0.25, 0.3) is 10.9 Å². The van der Waals surface area contributed by atoms with Gasteiger partial charge in [0.1, 0.15) is 0 Å². The molecule has 0 radical (unpaired) electrons. The van der Waals surface area contributed by atoms with Crippen molar-refractivity contribution in [2.45, 2.75) is 44.2 Å². The minimum Gasteiger partial charge on any atom is -0.361 e. The molecule has 142 valence electrons. The quantitative estimate of drug-likeness (QED) is 0.839. The number of H-pyrrole nitrogens is 1. The van der Waals surface area contributed by atoms with Gasteiger partial charge in [-0.15, -0.1) is 0 Å². The summed E-state index contributed by atoms with van der Waals surface area (Å²) in [6, 6.07) is 6.85. The molecule has 0 saturated carbocycles. The molecule has 6 nitrogen and oxygen atoms in total. The molecule has 1 unspecified atom stereocenters. The third-order valence-corrected chi connectivity index (χ3v) is 7.47. The predicted molar refractivity (Wildman–Crippen MR) is 105 cm³/mol. The first-order valence-electron chi connectivity index (χ1n) is 9.43. The number of nitrogens with one attached hydrogen (secondary N) is 2. The Morgan fingerprint density at radius 3 is 2.88 bits per heavy atom. The van der Waals surface area contributed by atoms with E-state index < -0.39 is 10.2 Å². The van der Waals surface area contributed by atoms with Crippen molar-refractivity contribution in [3.8, 4) is 0 Å². The van der Waals surface area contributed by atoms with Gasteiger partial charge in [-0.3, -0.25) is 4.90 Å². The maximum atomic E-state index is 12.4. The Labute approximate surface area is 155 Å². The number of fused-ring (bicyclic) bond motifs is 2. The number of benzene rings is 1. The van der Waals surface area contributed by atoms with Crippen molar-refractivity contribution in [1.82, 2.24) is 18.9 Å². The average molecular weight is 377 g/mol. The monoisotopic (exact) mass is 376 g/mol. The van der Waals surface area contributed by atoms with Gasteiger partial charge in [0.15, 0.2) is 0 Å². The van der Waals surface area contributed by atoms with E-state index in [4.69, 9.17) is 0 Å². The van der Waals surface area contributed by atoms with Crippen LogP contribution in [-0.2, 0) is 16.6 Å². The molecule has 26 heavy (non-hydrogen) atoms. The first kappa shape index (κ1) is 18.0. The molecular weight excluding hydrogens is 348 g/mol. The van der Waals surface area contributed by atoms with E-state index in [0.29, 0.717) is 12.0 Å². The molecule has 2 aromatic rings. The molecule has 1 aromatic carbocycles. The van der Waals surface area contributed by atoms with Crippen molar-refractivity contribution in [3.05, 3.63) is 35.5 Å². The zero-order valence-corrected chi connectivity index (χ0v) is 16.5. The summed E-state index contributed by atoms with van der Waals surface area (Å²) < 4.78 is 28.9. The van der Waals surface area contributed by atoms with Crippen LogP contribution in [0.15, 0.2) is 24.4 Å². The summed E-state index contributed by atoms with van der Waals surface area (Å²) in [5, 5.41) is 1.35. The summed E-state index contributed by atoms with van der Waals surface area (Å²) in [6.07, 6.45) is 5.10. The number of likely N-dealkylation sites (tertiary alicyclic amines) is 1. The lowest BCUT2D eigenvalue weighted by Crippen LogP contribution is -2.57. The molecule has 2 heterocycles. The van der Waals surface area contributed by atoms with Crippen molar-refractivity contribution < 1.29 is 8.42 Å². The molecule has 1 aromatic heterocycles. The maximum absolute atomic E-state index is 12.4. The number of hydrogen-bond donors (Lipinski definition) is 2. The van der Waals surface area contributed by atoms with Gasteiger partial charge >= 0.3 is 0 Å². The van der Waals surface area contributed by atoms with Gasteiger partial charge in [-0.25, -0.2) is 0 Å². The van der Waals surface area contributed by atoms with Crippen LogP contribution in [0.1, 0.15) is 36.8 Å². The van der Waals surface area contributed by atoms with Crippen LogP contribution in [0, 0.1) is 0 Å². The molecule has 3 atom stereocenters. The average Bonchev–Trinajstić information content (AvgIpc) is 3.00. The zero-order chi connectivity index (χ0) is 18.5. The molecule has 1 saturated heterocycles. The highest BCUT2D eigenvalue weighted by molar-refractivity contribution is 7.87. The molecule has 0 bridgehead atoms. The van der Waals surface area contributed by atoms with Crippen LogP contribution >= 0.6 is 0 Å². The fraction of sp³-hybridized carbons (Fsp3) is 0.579. The lowest BCUT2D eigenvalue weighted by Gasteiger charge is -2.47. The van der Waals surface area contributed by atoms with Crippen LogP contribution in [0.3, 0.4) is 0 Å². The molecular formula is C19H28N4O2S. The summed E-state index contributed by atoms with van der Waals surface area (Å²) in [5.74, 6) is 0.358. The molecule has 1 fully saturated rings. The first-order chi connectivity index (χ1) is 12.4. The Balaban J connectivity index is 1.70. The predicted octanol–water partition coefficient (Wildman–Crippen LogP) is 2.06. The molecule has 0 spiro atoms. The Kier molecular flexibility index (Phi) is 4.59. The maximum Gasteiger partial charge on any atom is 0.279 e. The SMILES string of the molecule is CCCN1C[C@@H](NS(=O)(=O)N(C)C)CC2c3cccc4[nH]cc(c34)C[C@H]21. The van der Waals surface area contributed by atoms with Crippen LogP contribution in [0.4, 0.5) is 0 Å². The molecule has 2 N–H and O–H groups in total. The second-order valence-corrected chi connectivity index (χ2v) is 9.71. The van der Waals surface area contributed by atoms with E-state index in [1.165, 1.54) is 26.3 Å². The summed E-state index contributed by atoms with van der Waals surface area (Å²) in [4.78, 5) is 5.90. The fourth-order valence-corrected chi connectivity index (χ4v) is 5.55. The van der Waals surface area contributed by atoms with Crippen molar-refractivity contribution in [3.63, 3.8) is 0 Å². The van der Waals surface area contributed by atoms with Gasteiger partial charge in [0.2, 0.25) is 0 Å². The molecule has 7 heteroatoms. The van der Waals surface area contributed by atoms with Crippen LogP contribution in [0.2, 0.25) is 0 Å². The molecule has 0 amide bonds. The van der Waals surface area contributed by atoms with E-state index in [1.807, 2.05) is 0 Å². The van der Waals surface area contributed by atoms with Crippen molar-refractivity contribution in [2.24, 2.45) is 0 Å². The zero-order valence-electron chi connectivity index (χ0n) is 15.7. The third kappa shape index (κ3) is 2.97. The lowest BCUT2D eigenvalue weighted by molar-refractivity contribution is 0.105. The van der Waals surface area contributed by atoms with Gasteiger partial charge in [-0.1, -0.05) is 19.1 Å². The van der Waals surface area contributed by atoms with Crippen molar-refractivity contribution >= 4 is 21.1 Å². The Bertz CT molecular complexity index is 905. The van der Waals surface area contributed by atoms with Gasteiger partial charge in [0, 0.05) is 55.7 Å². The molecule has 1 aliphatic carbocycles. The number of aromatic nitrogens is 1. The standard InChI is InChI=1S/C19H28N4O2S/c1-4-8-23-12-14(21-26(24,25)22(2)3)10-16-15-6-5-7-17-19(15)13(11-20-17)9-18(16)23/h5-7,11,14,16,18,20-21H,4,8-10,12H2,1-3H3/t14-,16?,18+/m0/s1. The summed E-state index contributed by atoms with van der Waals surface area (Å²) in [7, 11) is -0.276. The first-order valence-corrected chi connectivity index (χ1v) is 10.9. The smallest absolute Gasteiger partial charge is 0.279 e. The fourth-order valence-electron chi connectivity index (χ4n) is 4.74. The van der Waals surface area contributed by atoms with Gasteiger partial charge in [-0.05, 0) is 43.0 Å². The van der Waals surface area contributed by atoms with Gasteiger partial charge in [-0.2, -0.15) is 17.4 Å². The molecule has 1 aliphatic heterocycles. The van der Waals surface area contributed by atoms with Crippen LogP contribution in [0.5, 0.6) is 0 Å². The molecule has 4 rings (SSSR count). The van der Waals surface area contributed by atoms with Crippen molar-refractivity contribution in [2.75, 3.05) is 27.2 Å². The Hall–Kier alpha value is -1.41. The second kappa shape index (κ2) is 6.64. The van der Waals surface area contributed by atoms with Gasteiger partial charge < -0.3 is 4.98 Å². The van der Waals surface area contributed by atoms with Crippen LogP contribution in [-0.4, -0.2) is 61.9 Å². The van der Waals surface area contributed by atoms with Gasteiger partial charge in [0.05, 0.1) is 0 Å². The topological polar surface area (TPSA) is 68.4 Å². The van der Waals surface area contributed by atoms with Gasteiger partial charge in [0.25, 0.3) is 10.2 Å². The lowest BCUT2D eigenvalue weighted by atomic mass is 9.74. The van der Waals surface area contributed by atoms with E-state index in [2.05, 4.69) is 45.9 Å².